The molecule has 8 heteroatoms. The first kappa shape index (κ1) is 10.6. The Hall–Kier alpha value is -2.15. The molecule has 0 N–H and O–H groups in total. The van der Waals surface area contributed by atoms with Crippen LogP contribution in [0.15, 0.2) is 47.6 Å². The van der Waals surface area contributed by atoms with E-state index in [4.69, 9.17) is 17.1 Å². The van der Waals surface area contributed by atoms with E-state index in [0.717, 1.165) is 4.57 Å². The van der Waals surface area contributed by atoms with Gasteiger partial charge < -0.3 is 4.57 Å². The topological polar surface area (TPSA) is 47.2 Å². The number of hydrogen-bond acceptors (Lipinski definition) is 2. The summed E-state index contributed by atoms with van der Waals surface area (Å²) < 4.78 is 68.9. The van der Waals surface area contributed by atoms with Gasteiger partial charge in [-0.3, -0.25) is 4.79 Å². The Morgan fingerprint density at radius 3 is 2.81 bits per heavy atom. The van der Waals surface area contributed by atoms with Crippen molar-refractivity contribution in [1.82, 2.24) is 9.55 Å². The Labute approximate surface area is 128 Å². The minimum atomic E-state index is -5.27. The summed E-state index contributed by atoms with van der Waals surface area (Å²) in [6.45, 7) is -0.287. The monoisotopic (exact) mass is 319 g/mol. The molecular weight excluding hydrogens is 307 g/mol. The summed E-state index contributed by atoms with van der Waals surface area (Å²) >= 11 is 5.64. The highest BCUT2D eigenvalue weighted by Gasteiger charge is 2.38. The number of hydrogen-bond donors (Lipinski definition) is 0. The second-order valence-electron chi connectivity index (χ2n) is 3.80. The second kappa shape index (κ2) is 6.09. The van der Waals surface area contributed by atoms with Crippen LogP contribution in [0, 0.1) is 0 Å². The zero-order valence-corrected chi connectivity index (χ0v) is 11.0. The molecule has 0 aliphatic heterocycles. The number of halogens is 4. The van der Waals surface area contributed by atoms with E-state index in [-0.39, 0.29) is 11.7 Å². The second-order valence-corrected chi connectivity index (χ2v) is 4.19. The zero-order valence-electron chi connectivity index (χ0n) is 14.2. The summed E-state index contributed by atoms with van der Waals surface area (Å²) in [5.41, 5.74) is -0.446. The number of carbonyl (C=O) groups excluding carboxylic acids is 1. The molecule has 0 aliphatic carbocycles. The number of nitrogens with zero attached hydrogens (tertiary/aromatic N) is 3. The number of alkyl halides is 3. The highest BCUT2D eigenvalue weighted by molar-refractivity contribution is 6.29. The maximum absolute atomic E-state index is 12.5. The van der Waals surface area contributed by atoms with Crippen LogP contribution < -0.4 is 5.49 Å². The number of carbonyl (C=O) groups is 1. The van der Waals surface area contributed by atoms with Crippen LogP contribution in [-0.4, -0.2) is 21.6 Å². The molecule has 0 saturated carbocycles. The standard InChI is InChI=1S/C13H9ClF3N3O/c14-10-5-4-9(7-18-10)8-20-6-2-1-3-11(20)19-12(21)13(15,16)17/h1-7H,8H2/i1D,2D,3D,6D. The fourth-order valence-electron chi connectivity index (χ4n) is 1.35. The number of rotatable bonds is 2. The molecule has 0 saturated heterocycles. The van der Waals surface area contributed by atoms with Gasteiger partial charge in [-0.2, -0.15) is 18.2 Å². The van der Waals surface area contributed by atoms with Gasteiger partial charge in [0.25, 0.3) is 0 Å². The van der Waals surface area contributed by atoms with Crippen molar-refractivity contribution in [3.63, 3.8) is 0 Å². The van der Waals surface area contributed by atoms with Crippen molar-refractivity contribution < 1.29 is 23.4 Å². The van der Waals surface area contributed by atoms with Gasteiger partial charge in [0, 0.05) is 12.4 Å². The molecule has 0 unspecified atom stereocenters. The van der Waals surface area contributed by atoms with Crippen LogP contribution in [0.4, 0.5) is 13.2 Å². The molecule has 110 valence electrons. The van der Waals surface area contributed by atoms with Crippen LogP contribution >= 0.6 is 11.6 Å². The molecule has 0 radical (unpaired) electrons. The van der Waals surface area contributed by atoms with Gasteiger partial charge in [-0.05, 0) is 23.7 Å². The summed E-state index contributed by atoms with van der Waals surface area (Å²) in [5.74, 6) is -2.47. The summed E-state index contributed by atoms with van der Waals surface area (Å²) in [7, 11) is 0. The van der Waals surface area contributed by atoms with Crippen LogP contribution in [0.1, 0.15) is 11.0 Å². The van der Waals surface area contributed by atoms with Crippen molar-refractivity contribution in [2.24, 2.45) is 4.99 Å². The van der Waals surface area contributed by atoms with Crippen molar-refractivity contribution in [3.8, 4) is 0 Å². The van der Waals surface area contributed by atoms with Crippen molar-refractivity contribution in [1.29, 1.82) is 0 Å². The molecule has 1 amide bonds. The molecule has 0 spiro atoms. The molecule has 2 rings (SSSR count). The Balaban J connectivity index is 2.70. The van der Waals surface area contributed by atoms with Gasteiger partial charge in [0.05, 0.1) is 12.0 Å². The summed E-state index contributed by atoms with van der Waals surface area (Å²) in [5, 5.41) is 0.167. The van der Waals surface area contributed by atoms with E-state index >= 15 is 0 Å². The SMILES string of the molecule is [2H]c1c([2H])c([2H])n(Cc2ccc(Cl)nc2)c(=NC(=O)C(F)(F)F)c1[2H]. The quantitative estimate of drug-likeness (QED) is 0.799. The number of amides is 1. The van der Waals surface area contributed by atoms with Crippen molar-refractivity contribution in [2.45, 2.75) is 12.7 Å². The fraction of sp³-hybridized carbons (Fsp3) is 0.154. The lowest BCUT2D eigenvalue weighted by atomic mass is 10.3. The van der Waals surface area contributed by atoms with Crippen molar-refractivity contribution >= 4 is 17.5 Å². The zero-order chi connectivity index (χ0) is 18.9. The van der Waals surface area contributed by atoms with Gasteiger partial charge in [-0.1, -0.05) is 23.7 Å². The van der Waals surface area contributed by atoms with E-state index in [1.165, 1.54) is 18.3 Å². The average Bonchev–Trinajstić information content (AvgIpc) is 2.54. The molecule has 0 atom stereocenters. The highest BCUT2D eigenvalue weighted by Crippen LogP contribution is 2.15. The molecule has 0 bridgehead atoms. The average molecular weight is 320 g/mol. The van der Waals surface area contributed by atoms with Gasteiger partial charge in [-0.15, -0.1) is 0 Å². The molecule has 0 aliphatic rings. The lowest BCUT2D eigenvalue weighted by Crippen LogP contribution is -2.27. The van der Waals surface area contributed by atoms with Gasteiger partial charge in [0.15, 0.2) is 0 Å². The van der Waals surface area contributed by atoms with Crippen LogP contribution in [0.2, 0.25) is 5.15 Å². The molecule has 4 nitrogen and oxygen atoms in total. The van der Waals surface area contributed by atoms with Gasteiger partial charge in [-0.25, -0.2) is 4.98 Å². The fourth-order valence-corrected chi connectivity index (χ4v) is 1.46. The third kappa shape index (κ3) is 4.16. The number of pyridine rings is 2. The first-order valence-electron chi connectivity index (χ1n) is 7.46. The van der Waals surface area contributed by atoms with E-state index in [1.807, 2.05) is 0 Å². The lowest BCUT2D eigenvalue weighted by molar-refractivity contribution is -0.169. The molecule has 0 fully saturated rings. The Morgan fingerprint density at radius 2 is 2.19 bits per heavy atom. The van der Waals surface area contributed by atoms with Crippen LogP contribution in [0.5, 0.6) is 0 Å². The molecule has 2 aromatic heterocycles. The smallest absolute Gasteiger partial charge is 0.328 e. The van der Waals surface area contributed by atoms with Gasteiger partial charge in [0.1, 0.15) is 10.6 Å². The van der Waals surface area contributed by atoms with Crippen LogP contribution in [-0.2, 0) is 11.3 Å². The summed E-state index contributed by atoms with van der Waals surface area (Å²) in [4.78, 5) is 17.8. The van der Waals surface area contributed by atoms with Gasteiger partial charge >= 0.3 is 12.1 Å². The Bertz CT molecular complexity index is 897. The summed E-state index contributed by atoms with van der Waals surface area (Å²) in [6, 6.07) is 0.537. The molecular formula is C13H9ClF3N3O. The first-order valence-corrected chi connectivity index (χ1v) is 5.83. The normalized spacial score (nSPS) is 15.1. The Kier molecular flexibility index (Phi) is 3.06. The van der Waals surface area contributed by atoms with Crippen LogP contribution in [0.25, 0.3) is 0 Å². The summed E-state index contributed by atoms with van der Waals surface area (Å²) in [6.07, 6.45) is -4.65. The molecule has 2 aromatic rings. The van der Waals surface area contributed by atoms with Crippen molar-refractivity contribution in [2.75, 3.05) is 0 Å². The Morgan fingerprint density at radius 1 is 1.43 bits per heavy atom. The number of aromatic nitrogens is 2. The van der Waals surface area contributed by atoms with E-state index < -0.39 is 41.9 Å². The van der Waals surface area contributed by atoms with Crippen LogP contribution in [0.3, 0.4) is 0 Å². The first-order chi connectivity index (χ1) is 11.5. The minimum absolute atomic E-state index is 0.167. The molecule has 0 aromatic carbocycles. The van der Waals surface area contributed by atoms with E-state index in [9.17, 15) is 18.0 Å². The highest BCUT2D eigenvalue weighted by atomic mass is 35.5. The third-order valence-electron chi connectivity index (χ3n) is 2.26. The van der Waals surface area contributed by atoms with E-state index in [1.54, 1.807) is 0 Å². The maximum Gasteiger partial charge on any atom is 0.473 e. The van der Waals surface area contributed by atoms with Crippen molar-refractivity contribution in [3.05, 3.63) is 58.8 Å². The van der Waals surface area contributed by atoms with E-state index in [0.29, 0.717) is 5.56 Å². The predicted molar refractivity (Wildman–Crippen MR) is 69.4 cm³/mol. The minimum Gasteiger partial charge on any atom is -0.328 e. The predicted octanol–water partition coefficient (Wildman–Crippen LogP) is 2.57. The van der Waals surface area contributed by atoms with Gasteiger partial charge in [0.2, 0.25) is 0 Å². The molecule has 2 heterocycles. The lowest BCUT2D eigenvalue weighted by Gasteiger charge is -2.07. The maximum atomic E-state index is 12.5. The molecule has 21 heavy (non-hydrogen) atoms. The van der Waals surface area contributed by atoms with E-state index in [2.05, 4.69) is 9.98 Å². The largest absolute Gasteiger partial charge is 0.473 e. The third-order valence-corrected chi connectivity index (χ3v) is 2.49.